The van der Waals surface area contributed by atoms with E-state index >= 15 is 0 Å². The lowest BCUT2D eigenvalue weighted by atomic mass is 10.2. The maximum absolute atomic E-state index is 13.4. The van der Waals surface area contributed by atoms with Gasteiger partial charge in [-0.2, -0.15) is 0 Å². The van der Waals surface area contributed by atoms with Crippen molar-refractivity contribution in [2.75, 3.05) is 6.61 Å². The molecule has 25 heavy (non-hydrogen) atoms. The Morgan fingerprint density at radius 2 is 1.96 bits per heavy atom. The molecular formula is C15H14FN3O5S. The van der Waals surface area contributed by atoms with Gasteiger partial charge < -0.3 is 4.74 Å². The number of ether oxygens (including phenoxy) is 1. The summed E-state index contributed by atoms with van der Waals surface area (Å²) >= 11 is 0.950. The molecule has 132 valence electrons. The van der Waals surface area contributed by atoms with E-state index in [4.69, 9.17) is 4.74 Å². The minimum atomic E-state index is -0.849. The Bertz CT molecular complexity index is 861. The average molecular weight is 367 g/mol. The van der Waals surface area contributed by atoms with Crippen LogP contribution in [0.5, 0.6) is 0 Å². The summed E-state index contributed by atoms with van der Waals surface area (Å²) in [4.78, 5) is 46.0. The van der Waals surface area contributed by atoms with Gasteiger partial charge in [0.1, 0.15) is 12.4 Å². The summed E-state index contributed by atoms with van der Waals surface area (Å²) in [7, 11) is 0. The van der Waals surface area contributed by atoms with Gasteiger partial charge in [-0.3, -0.25) is 34.6 Å². The second kappa shape index (κ2) is 8.20. The minimum absolute atomic E-state index is 0.243. The number of thiazole rings is 1. The molecule has 0 aliphatic carbocycles. The van der Waals surface area contributed by atoms with E-state index < -0.39 is 30.2 Å². The number of amides is 2. The van der Waals surface area contributed by atoms with Crippen LogP contribution in [-0.4, -0.2) is 29.0 Å². The van der Waals surface area contributed by atoms with E-state index in [0.717, 1.165) is 17.4 Å². The first-order chi connectivity index (χ1) is 11.9. The largest absolute Gasteiger partial charge is 0.454 e. The third-order valence-electron chi connectivity index (χ3n) is 3.06. The van der Waals surface area contributed by atoms with Crippen LogP contribution in [0.1, 0.15) is 16.1 Å². The van der Waals surface area contributed by atoms with Gasteiger partial charge in [0, 0.05) is 11.1 Å². The molecule has 0 unspecified atom stereocenters. The maximum atomic E-state index is 13.4. The van der Waals surface area contributed by atoms with Crippen LogP contribution in [0.15, 0.2) is 34.4 Å². The lowest BCUT2D eigenvalue weighted by Crippen LogP contribution is -2.44. The monoisotopic (exact) mass is 367 g/mol. The van der Waals surface area contributed by atoms with Crippen LogP contribution in [-0.2, 0) is 20.9 Å². The number of hydrazine groups is 1. The Balaban J connectivity index is 1.77. The van der Waals surface area contributed by atoms with Crippen LogP contribution in [0, 0.1) is 12.7 Å². The highest BCUT2D eigenvalue weighted by Crippen LogP contribution is 2.05. The first kappa shape index (κ1) is 18.3. The number of halogens is 1. The lowest BCUT2D eigenvalue weighted by molar-refractivity contribution is -0.149. The summed E-state index contributed by atoms with van der Waals surface area (Å²) < 4.78 is 19.3. The fourth-order valence-electron chi connectivity index (χ4n) is 1.79. The molecule has 0 spiro atoms. The molecule has 0 bridgehead atoms. The van der Waals surface area contributed by atoms with Crippen LogP contribution in [0.2, 0.25) is 0 Å². The van der Waals surface area contributed by atoms with Gasteiger partial charge in [0.15, 0.2) is 6.61 Å². The summed E-state index contributed by atoms with van der Waals surface area (Å²) in [6.45, 7) is 0.688. The van der Waals surface area contributed by atoms with E-state index in [-0.39, 0.29) is 17.0 Å². The number of hydrogen-bond acceptors (Lipinski definition) is 6. The number of carbonyl (C=O) groups excluding carboxylic acids is 3. The number of aryl methyl sites for hydroxylation is 1. The SMILES string of the molecule is Cc1csc(=O)n1CC(=O)OCC(=O)NNC(=O)c1ccccc1F. The quantitative estimate of drug-likeness (QED) is 0.586. The molecule has 1 aromatic heterocycles. The van der Waals surface area contributed by atoms with Crippen LogP contribution in [0.3, 0.4) is 0 Å². The molecule has 0 radical (unpaired) electrons. The Hall–Kier alpha value is -3.01. The Labute approximate surface area is 145 Å². The minimum Gasteiger partial charge on any atom is -0.454 e. The van der Waals surface area contributed by atoms with Crippen molar-refractivity contribution in [1.82, 2.24) is 15.4 Å². The third-order valence-corrected chi connectivity index (χ3v) is 3.94. The fourth-order valence-corrected chi connectivity index (χ4v) is 2.53. The summed E-state index contributed by atoms with van der Waals surface area (Å²) in [5, 5.41) is 1.60. The van der Waals surface area contributed by atoms with E-state index in [2.05, 4.69) is 0 Å². The molecule has 0 saturated heterocycles. The third kappa shape index (κ3) is 4.98. The van der Waals surface area contributed by atoms with E-state index in [1.54, 1.807) is 12.3 Å². The van der Waals surface area contributed by atoms with E-state index in [1.165, 1.54) is 22.8 Å². The molecule has 0 saturated carbocycles. The van der Waals surface area contributed by atoms with Crippen LogP contribution in [0.25, 0.3) is 0 Å². The van der Waals surface area contributed by atoms with Gasteiger partial charge in [0.2, 0.25) is 0 Å². The van der Waals surface area contributed by atoms with Crippen LogP contribution >= 0.6 is 11.3 Å². The number of nitrogens with one attached hydrogen (secondary N) is 2. The number of nitrogens with zero attached hydrogens (tertiary/aromatic N) is 1. The Kier molecular flexibility index (Phi) is 6.01. The van der Waals surface area contributed by atoms with Gasteiger partial charge >= 0.3 is 10.8 Å². The first-order valence-electron chi connectivity index (χ1n) is 7.02. The van der Waals surface area contributed by atoms with E-state index in [0.29, 0.717) is 5.69 Å². The van der Waals surface area contributed by atoms with Crippen molar-refractivity contribution in [3.8, 4) is 0 Å². The van der Waals surface area contributed by atoms with E-state index in [9.17, 15) is 23.6 Å². The predicted molar refractivity (Wildman–Crippen MR) is 86.3 cm³/mol. The topological polar surface area (TPSA) is 106 Å². The standard InChI is InChI=1S/C15H14FN3O5S/c1-9-8-25-15(23)19(9)6-13(21)24-7-12(20)17-18-14(22)10-4-2-3-5-11(10)16/h2-5,8H,6-7H2,1H3,(H,17,20)(H,18,22). The molecule has 2 aromatic rings. The molecule has 10 heteroatoms. The van der Waals surface area contributed by atoms with Crippen molar-refractivity contribution in [3.63, 3.8) is 0 Å². The number of carbonyl (C=O) groups is 3. The second-order valence-corrected chi connectivity index (χ2v) is 5.69. The number of benzene rings is 1. The van der Waals surface area contributed by atoms with Gasteiger partial charge in [-0.15, -0.1) is 0 Å². The maximum Gasteiger partial charge on any atom is 0.326 e. The van der Waals surface area contributed by atoms with Crippen molar-refractivity contribution in [2.45, 2.75) is 13.5 Å². The first-order valence-corrected chi connectivity index (χ1v) is 7.90. The highest BCUT2D eigenvalue weighted by Gasteiger charge is 2.14. The summed E-state index contributed by atoms with van der Waals surface area (Å²) in [5.74, 6) is -3.18. The summed E-state index contributed by atoms with van der Waals surface area (Å²) in [6.07, 6.45) is 0. The van der Waals surface area contributed by atoms with Crippen molar-refractivity contribution >= 4 is 29.1 Å². The van der Waals surface area contributed by atoms with Crippen molar-refractivity contribution in [3.05, 3.63) is 56.4 Å². The van der Waals surface area contributed by atoms with Gasteiger partial charge in [-0.25, -0.2) is 4.39 Å². The zero-order chi connectivity index (χ0) is 18.4. The smallest absolute Gasteiger partial charge is 0.326 e. The highest BCUT2D eigenvalue weighted by molar-refractivity contribution is 7.07. The molecule has 0 fully saturated rings. The molecule has 2 N–H and O–H groups in total. The number of rotatable bonds is 5. The second-order valence-electron chi connectivity index (χ2n) is 4.87. The van der Waals surface area contributed by atoms with E-state index in [1.807, 2.05) is 10.9 Å². The lowest BCUT2D eigenvalue weighted by Gasteiger charge is -2.09. The Morgan fingerprint density at radius 3 is 2.60 bits per heavy atom. The van der Waals surface area contributed by atoms with Crippen molar-refractivity contribution < 1.29 is 23.5 Å². The van der Waals surface area contributed by atoms with Gasteiger partial charge in [0.05, 0.1) is 5.56 Å². The molecule has 0 aliphatic rings. The Morgan fingerprint density at radius 1 is 1.24 bits per heavy atom. The average Bonchev–Trinajstić information content (AvgIpc) is 2.90. The van der Waals surface area contributed by atoms with Crippen LogP contribution in [0.4, 0.5) is 4.39 Å². The zero-order valence-electron chi connectivity index (χ0n) is 13.1. The molecule has 2 amide bonds. The molecule has 0 aliphatic heterocycles. The molecule has 8 nitrogen and oxygen atoms in total. The summed E-state index contributed by atoms with van der Waals surface area (Å²) in [6, 6.07) is 5.24. The number of esters is 1. The molecule has 1 aromatic carbocycles. The van der Waals surface area contributed by atoms with Crippen molar-refractivity contribution in [1.29, 1.82) is 0 Å². The fraction of sp³-hybridized carbons (Fsp3) is 0.200. The predicted octanol–water partition coefficient (Wildman–Crippen LogP) is 0.362. The summed E-state index contributed by atoms with van der Waals surface area (Å²) in [5.41, 5.74) is 4.36. The molecule has 1 heterocycles. The van der Waals surface area contributed by atoms with Crippen LogP contribution < -0.4 is 15.7 Å². The molecule has 0 atom stereocenters. The normalized spacial score (nSPS) is 10.2. The van der Waals surface area contributed by atoms with Gasteiger partial charge in [-0.05, 0) is 19.1 Å². The van der Waals surface area contributed by atoms with Gasteiger partial charge in [0.25, 0.3) is 11.8 Å². The van der Waals surface area contributed by atoms with Crippen molar-refractivity contribution in [2.24, 2.45) is 0 Å². The molecule has 2 rings (SSSR count). The zero-order valence-corrected chi connectivity index (χ0v) is 13.9. The molecular weight excluding hydrogens is 353 g/mol. The van der Waals surface area contributed by atoms with Gasteiger partial charge in [-0.1, -0.05) is 23.5 Å². The number of aromatic nitrogens is 1. The highest BCUT2D eigenvalue weighted by atomic mass is 32.1. The number of hydrogen-bond donors (Lipinski definition) is 2.